The summed E-state index contributed by atoms with van der Waals surface area (Å²) in [6.07, 6.45) is 6.08. The predicted octanol–water partition coefficient (Wildman–Crippen LogP) is 1.44. The molecule has 0 aliphatic heterocycles. The first-order valence-corrected chi connectivity index (χ1v) is 6.93. The number of aromatic nitrogens is 5. The van der Waals surface area contributed by atoms with Gasteiger partial charge in [0, 0.05) is 26.5 Å². The molecular weight excluding hydrogens is 280 g/mol. The Balaban J connectivity index is 1.91. The molecule has 1 atom stereocenters. The molecule has 0 aliphatic carbocycles. The second kappa shape index (κ2) is 5.61. The maximum absolute atomic E-state index is 10.6. The monoisotopic (exact) mass is 298 g/mol. The second-order valence-electron chi connectivity index (χ2n) is 5.14. The highest BCUT2D eigenvalue weighted by molar-refractivity contribution is 5.44. The largest absolute Gasteiger partial charge is 0.368 e. The molecule has 114 valence electrons. The number of pyridine rings is 1. The molecule has 0 saturated heterocycles. The minimum atomic E-state index is -0.827. The van der Waals surface area contributed by atoms with Gasteiger partial charge >= 0.3 is 0 Å². The van der Waals surface area contributed by atoms with E-state index >= 15 is 0 Å². The van der Waals surface area contributed by atoms with E-state index in [1.54, 1.807) is 28.2 Å². The molecule has 0 aromatic carbocycles. The maximum atomic E-state index is 10.6. The van der Waals surface area contributed by atoms with Gasteiger partial charge in [0.2, 0.25) is 5.95 Å². The Morgan fingerprint density at radius 1 is 1.27 bits per heavy atom. The number of anilines is 1. The van der Waals surface area contributed by atoms with Crippen molar-refractivity contribution < 1.29 is 5.11 Å². The molecule has 0 bridgehead atoms. The van der Waals surface area contributed by atoms with Crippen LogP contribution in [0.5, 0.6) is 0 Å². The Morgan fingerprint density at radius 3 is 2.73 bits per heavy atom. The van der Waals surface area contributed by atoms with Gasteiger partial charge in [-0.1, -0.05) is 0 Å². The summed E-state index contributed by atoms with van der Waals surface area (Å²) in [6, 6.07) is 5.64. The van der Waals surface area contributed by atoms with Crippen LogP contribution in [0, 0.1) is 6.92 Å². The lowest BCUT2D eigenvalue weighted by Crippen LogP contribution is -2.25. The molecule has 0 amide bonds. The van der Waals surface area contributed by atoms with E-state index in [1.165, 1.54) is 0 Å². The van der Waals surface area contributed by atoms with E-state index in [1.807, 2.05) is 50.0 Å². The van der Waals surface area contributed by atoms with E-state index in [0.717, 1.165) is 11.4 Å². The lowest BCUT2D eigenvalue weighted by atomic mass is 10.3. The Kier molecular flexibility index (Phi) is 3.64. The molecule has 0 saturated carbocycles. The highest BCUT2D eigenvalue weighted by Crippen LogP contribution is 2.23. The predicted molar refractivity (Wildman–Crippen MR) is 82.7 cm³/mol. The van der Waals surface area contributed by atoms with Crippen molar-refractivity contribution in [2.75, 3.05) is 11.9 Å². The number of aryl methyl sites for hydroxylation is 1. The molecule has 3 aromatic heterocycles. The highest BCUT2D eigenvalue weighted by Gasteiger charge is 2.20. The van der Waals surface area contributed by atoms with Gasteiger partial charge in [0.05, 0.1) is 29.5 Å². The van der Waals surface area contributed by atoms with Gasteiger partial charge in [-0.15, -0.1) is 0 Å². The number of hydrogen-bond donors (Lipinski definition) is 1. The van der Waals surface area contributed by atoms with Crippen molar-refractivity contribution in [2.45, 2.75) is 13.2 Å². The van der Waals surface area contributed by atoms with E-state index in [0.29, 0.717) is 11.6 Å². The van der Waals surface area contributed by atoms with Gasteiger partial charge in [0.25, 0.3) is 0 Å². The second-order valence-corrected chi connectivity index (χ2v) is 5.14. The Morgan fingerprint density at radius 2 is 2.09 bits per heavy atom. The smallest absolute Gasteiger partial charge is 0.230 e. The van der Waals surface area contributed by atoms with Crippen LogP contribution in [0.2, 0.25) is 0 Å². The van der Waals surface area contributed by atoms with Gasteiger partial charge in [-0.2, -0.15) is 5.10 Å². The number of nitrogens with zero attached hydrogens (tertiary/aromatic N) is 6. The Hall–Kier alpha value is -2.67. The summed E-state index contributed by atoms with van der Waals surface area (Å²) in [6.45, 7) is 1.92. The van der Waals surface area contributed by atoms with Crippen LogP contribution in [0.4, 0.5) is 5.69 Å². The highest BCUT2D eigenvalue weighted by atomic mass is 16.3. The first-order valence-electron chi connectivity index (χ1n) is 6.93. The molecule has 7 nitrogen and oxygen atoms in total. The van der Waals surface area contributed by atoms with Crippen LogP contribution in [0.1, 0.15) is 17.6 Å². The Bertz CT molecular complexity index is 763. The number of hydrogen-bond acceptors (Lipinski definition) is 5. The summed E-state index contributed by atoms with van der Waals surface area (Å²) in [7, 11) is 3.67. The van der Waals surface area contributed by atoms with Crippen LogP contribution in [-0.2, 0) is 7.05 Å². The van der Waals surface area contributed by atoms with Gasteiger partial charge in [0.15, 0.2) is 6.23 Å². The van der Waals surface area contributed by atoms with Crippen LogP contribution < -0.4 is 4.90 Å². The Labute approximate surface area is 128 Å². The number of aliphatic hydroxyl groups is 1. The van der Waals surface area contributed by atoms with E-state index in [-0.39, 0.29) is 0 Å². The lowest BCUT2D eigenvalue weighted by Gasteiger charge is -2.25. The molecule has 3 heterocycles. The van der Waals surface area contributed by atoms with Crippen LogP contribution >= 0.6 is 0 Å². The summed E-state index contributed by atoms with van der Waals surface area (Å²) in [5.41, 5.74) is 2.42. The molecule has 3 aromatic rings. The fraction of sp³-hybridized carbons (Fsp3) is 0.267. The third-order valence-electron chi connectivity index (χ3n) is 3.61. The minimum absolute atomic E-state index is 0.654. The number of imidazole rings is 1. The van der Waals surface area contributed by atoms with Crippen LogP contribution in [0.15, 0.2) is 43.0 Å². The summed E-state index contributed by atoms with van der Waals surface area (Å²) < 4.78 is 3.51. The van der Waals surface area contributed by atoms with E-state index in [2.05, 4.69) is 15.1 Å². The topological polar surface area (TPSA) is 72.0 Å². The van der Waals surface area contributed by atoms with E-state index in [4.69, 9.17) is 0 Å². The zero-order valence-corrected chi connectivity index (χ0v) is 12.7. The fourth-order valence-electron chi connectivity index (χ4n) is 2.29. The molecule has 7 heteroatoms. The number of aliphatic hydroxyl groups excluding tert-OH is 1. The summed E-state index contributed by atoms with van der Waals surface area (Å²) in [5, 5.41) is 14.9. The van der Waals surface area contributed by atoms with E-state index in [9.17, 15) is 5.11 Å². The van der Waals surface area contributed by atoms with Crippen molar-refractivity contribution >= 4 is 5.69 Å². The lowest BCUT2D eigenvalue weighted by molar-refractivity contribution is 0.170. The maximum Gasteiger partial charge on any atom is 0.230 e. The van der Waals surface area contributed by atoms with Crippen LogP contribution in [0.25, 0.3) is 5.95 Å². The third-order valence-corrected chi connectivity index (χ3v) is 3.61. The first kappa shape index (κ1) is 14.3. The van der Waals surface area contributed by atoms with Gasteiger partial charge in [-0.05, 0) is 25.1 Å². The molecule has 3 rings (SSSR count). The normalized spacial score (nSPS) is 12.4. The molecule has 22 heavy (non-hydrogen) atoms. The average molecular weight is 298 g/mol. The zero-order chi connectivity index (χ0) is 15.7. The fourth-order valence-corrected chi connectivity index (χ4v) is 2.29. The molecule has 0 fully saturated rings. The minimum Gasteiger partial charge on any atom is -0.368 e. The summed E-state index contributed by atoms with van der Waals surface area (Å²) in [5.74, 6) is 0.654. The quantitative estimate of drug-likeness (QED) is 0.738. The molecule has 0 spiro atoms. The molecule has 0 aliphatic rings. The molecule has 1 N–H and O–H groups in total. The van der Waals surface area contributed by atoms with E-state index < -0.39 is 6.23 Å². The molecule has 1 unspecified atom stereocenters. The van der Waals surface area contributed by atoms with Crippen molar-refractivity contribution in [1.29, 1.82) is 0 Å². The SMILES string of the molecule is Cc1ccn(-c2ncc(C(O)N(C)c3cccnc3)n2C)n1. The van der Waals surface area contributed by atoms with Gasteiger partial charge in [0.1, 0.15) is 0 Å². The third kappa shape index (κ3) is 2.46. The van der Waals surface area contributed by atoms with Gasteiger partial charge < -0.3 is 14.6 Å². The standard InChI is InChI=1S/C15H18N6O/c1-11-6-8-21(18-11)15-17-10-13(20(15)3)14(22)19(2)12-5-4-7-16-9-12/h4-10,14,22H,1-3H3. The summed E-state index contributed by atoms with van der Waals surface area (Å²) >= 11 is 0. The molecule has 0 radical (unpaired) electrons. The van der Waals surface area contributed by atoms with Crippen molar-refractivity contribution in [3.63, 3.8) is 0 Å². The first-order chi connectivity index (χ1) is 10.6. The van der Waals surface area contributed by atoms with Gasteiger partial charge in [-0.3, -0.25) is 4.98 Å². The van der Waals surface area contributed by atoms with Crippen LogP contribution in [-0.4, -0.2) is 36.5 Å². The summed E-state index contributed by atoms with van der Waals surface area (Å²) in [4.78, 5) is 10.2. The van der Waals surface area contributed by atoms with Gasteiger partial charge in [-0.25, -0.2) is 9.67 Å². The van der Waals surface area contributed by atoms with Crippen molar-refractivity contribution in [2.24, 2.45) is 7.05 Å². The zero-order valence-electron chi connectivity index (χ0n) is 12.7. The van der Waals surface area contributed by atoms with Crippen molar-refractivity contribution in [3.05, 3.63) is 54.4 Å². The number of rotatable bonds is 4. The average Bonchev–Trinajstić information content (AvgIpc) is 3.12. The van der Waals surface area contributed by atoms with Crippen molar-refractivity contribution in [1.82, 2.24) is 24.3 Å². The van der Waals surface area contributed by atoms with Crippen molar-refractivity contribution in [3.8, 4) is 5.95 Å². The van der Waals surface area contributed by atoms with Crippen LogP contribution in [0.3, 0.4) is 0 Å². The molecular formula is C15H18N6O.